The molecule has 1 N–H and O–H groups in total. The number of nitrogens with zero attached hydrogens (tertiary/aromatic N) is 1. The number of rotatable bonds is 6. The first-order valence-corrected chi connectivity index (χ1v) is 12.1. The van der Waals surface area contributed by atoms with Crippen molar-refractivity contribution in [3.8, 4) is 0 Å². The summed E-state index contributed by atoms with van der Waals surface area (Å²) in [6.07, 6.45) is 2.83. The van der Waals surface area contributed by atoms with Crippen molar-refractivity contribution in [3.63, 3.8) is 0 Å². The molecule has 0 spiro atoms. The van der Waals surface area contributed by atoms with Gasteiger partial charge >= 0.3 is 0 Å². The molecule has 0 radical (unpaired) electrons. The molecule has 2 aromatic rings. The third-order valence-corrected chi connectivity index (χ3v) is 7.46. The molecule has 0 bridgehead atoms. The molecule has 0 aliphatic carbocycles. The van der Waals surface area contributed by atoms with Gasteiger partial charge in [0.15, 0.2) is 0 Å². The molecule has 2 aromatic carbocycles. The second-order valence-electron chi connectivity index (χ2n) is 8.95. The normalized spacial score (nSPS) is 15.5. The van der Waals surface area contributed by atoms with E-state index in [1.807, 2.05) is 12.1 Å². The van der Waals surface area contributed by atoms with Crippen molar-refractivity contribution < 1.29 is 18.0 Å². The highest BCUT2D eigenvalue weighted by molar-refractivity contribution is 7.89. The molecule has 31 heavy (non-hydrogen) atoms. The van der Waals surface area contributed by atoms with E-state index in [1.54, 1.807) is 36.4 Å². The van der Waals surface area contributed by atoms with Crippen LogP contribution in [0.2, 0.25) is 0 Å². The summed E-state index contributed by atoms with van der Waals surface area (Å²) in [6.45, 7) is 7.51. The first kappa shape index (κ1) is 23.2. The molecule has 0 saturated carbocycles. The third-order valence-electron chi connectivity index (χ3n) is 5.55. The average Bonchev–Trinajstić information content (AvgIpc) is 2.77. The van der Waals surface area contributed by atoms with Crippen LogP contribution in [0.25, 0.3) is 0 Å². The van der Waals surface area contributed by atoms with Crippen molar-refractivity contribution in [2.75, 3.05) is 13.1 Å². The van der Waals surface area contributed by atoms with Crippen LogP contribution in [0.5, 0.6) is 0 Å². The fourth-order valence-corrected chi connectivity index (χ4v) is 5.07. The second kappa shape index (κ2) is 9.32. The number of Topliss-reactive ketones (excluding diaryl/α,β-unsaturated/α-hetero) is 1. The Labute approximate surface area is 184 Å². The minimum absolute atomic E-state index is 0.0303. The Balaban J connectivity index is 1.59. The van der Waals surface area contributed by atoms with Gasteiger partial charge < -0.3 is 5.32 Å². The van der Waals surface area contributed by atoms with E-state index in [0.717, 1.165) is 30.4 Å². The van der Waals surface area contributed by atoms with Gasteiger partial charge in [0, 0.05) is 25.2 Å². The van der Waals surface area contributed by atoms with Crippen LogP contribution < -0.4 is 5.32 Å². The highest BCUT2D eigenvalue weighted by atomic mass is 32.2. The number of amides is 1. The lowest BCUT2D eigenvalue weighted by Crippen LogP contribution is -2.35. The van der Waals surface area contributed by atoms with Gasteiger partial charge in [-0.3, -0.25) is 9.59 Å². The molecular formula is C24H30N2O4S. The predicted octanol–water partition coefficient (Wildman–Crippen LogP) is 3.66. The zero-order valence-corrected chi connectivity index (χ0v) is 19.2. The maximum absolute atomic E-state index is 12.7. The lowest BCUT2D eigenvalue weighted by atomic mass is 9.86. The number of carbonyl (C=O) groups excluding carboxylic acids is 2. The number of hydrogen-bond acceptors (Lipinski definition) is 4. The largest absolute Gasteiger partial charge is 0.345 e. The first-order valence-electron chi connectivity index (χ1n) is 10.6. The molecule has 0 unspecified atom stereocenters. The van der Waals surface area contributed by atoms with Crippen LogP contribution in [0.15, 0.2) is 53.4 Å². The highest BCUT2D eigenvalue weighted by Crippen LogP contribution is 2.23. The molecule has 1 amide bonds. The summed E-state index contributed by atoms with van der Waals surface area (Å²) in [7, 11) is -3.48. The fourth-order valence-electron chi connectivity index (χ4n) is 3.55. The number of nitrogens with one attached hydrogen (secondary N) is 1. The van der Waals surface area contributed by atoms with E-state index in [4.69, 9.17) is 0 Å². The highest BCUT2D eigenvalue weighted by Gasteiger charge is 2.25. The van der Waals surface area contributed by atoms with Crippen LogP contribution in [0.1, 0.15) is 61.5 Å². The molecule has 1 fully saturated rings. The SMILES string of the molecule is CC(C)(C)c1ccc(C(=O)C(=O)NCc2ccc(S(=O)(=O)N3CCCCC3)cc2)cc1. The lowest BCUT2D eigenvalue weighted by Gasteiger charge is -2.25. The molecule has 0 atom stereocenters. The van der Waals surface area contributed by atoms with Crippen molar-refractivity contribution in [3.05, 3.63) is 65.2 Å². The van der Waals surface area contributed by atoms with Crippen molar-refractivity contribution in [2.45, 2.75) is 56.9 Å². The average molecular weight is 443 g/mol. The van der Waals surface area contributed by atoms with Gasteiger partial charge in [-0.25, -0.2) is 8.42 Å². The number of carbonyl (C=O) groups is 2. The van der Waals surface area contributed by atoms with E-state index >= 15 is 0 Å². The molecule has 0 aromatic heterocycles. The summed E-state index contributed by atoms with van der Waals surface area (Å²) in [4.78, 5) is 24.9. The van der Waals surface area contributed by atoms with E-state index in [0.29, 0.717) is 18.7 Å². The molecule has 1 aliphatic rings. The Hall–Kier alpha value is -2.51. The number of hydrogen-bond donors (Lipinski definition) is 1. The lowest BCUT2D eigenvalue weighted by molar-refractivity contribution is -0.117. The quantitative estimate of drug-likeness (QED) is 0.547. The summed E-state index contributed by atoms with van der Waals surface area (Å²) in [5, 5.41) is 2.62. The Morgan fingerprint density at radius 2 is 1.48 bits per heavy atom. The van der Waals surface area contributed by atoms with Gasteiger partial charge in [0.25, 0.3) is 5.91 Å². The summed E-state index contributed by atoms with van der Waals surface area (Å²) in [5.41, 5.74) is 2.12. The maximum atomic E-state index is 12.7. The van der Waals surface area contributed by atoms with E-state index in [9.17, 15) is 18.0 Å². The smallest absolute Gasteiger partial charge is 0.292 e. The summed E-state index contributed by atoms with van der Waals surface area (Å²) in [6, 6.07) is 13.5. The van der Waals surface area contributed by atoms with Crippen molar-refractivity contribution in [2.24, 2.45) is 0 Å². The van der Waals surface area contributed by atoms with E-state index < -0.39 is 21.7 Å². The van der Waals surface area contributed by atoms with Crippen LogP contribution in [0.4, 0.5) is 0 Å². The summed E-state index contributed by atoms with van der Waals surface area (Å²) in [5.74, 6) is -1.28. The van der Waals surface area contributed by atoms with Gasteiger partial charge in [-0.15, -0.1) is 0 Å². The monoisotopic (exact) mass is 442 g/mol. The summed E-state index contributed by atoms with van der Waals surface area (Å²) < 4.78 is 26.9. The van der Waals surface area contributed by atoms with Crippen LogP contribution in [-0.2, 0) is 26.8 Å². The van der Waals surface area contributed by atoms with Gasteiger partial charge in [0.1, 0.15) is 0 Å². The zero-order chi connectivity index (χ0) is 22.6. The molecule has 1 heterocycles. The van der Waals surface area contributed by atoms with Gasteiger partial charge in [0.2, 0.25) is 15.8 Å². The molecule has 6 nitrogen and oxygen atoms in total. The zero-order valence-electron chi connectivity index (χ0n) is 18.3. The number of sulfonamides is 1. The minimum atomic E-state index is -3.48. The molecular weight excluding hydrogens is 412 g/mol. The predicted molar refractivity (Wildman–Crippen MR) is 120 cm³/mol. The maximum Gasteiger partial charge on any atom is 0.292 e. The molecule has 1 saturated heterocycles. The van der Waals surface area contributed by atoms with E-state index in [1.165, 1.54) is 4.31 Å². The van der Waals surface area contributed by atoms with Crippen LogP contribution >= 0.6 is 0 Å². The molecule has 3 rings (SSSR count). The van der Waals surface area contributed by atoms with E-state index in [2.05, 4.69) is 26.1 Å². The number of benzene rings is 2. The molecule has 7 heteroatoms. The Kier molecular flexibility index (Phi) is 6.96. The van der Waals surface area contributed by atoms with Crippen LogP contribution in [-0.4, -0.2) is 37.5 Å². The molecule has 166 valence electrons. The first-order chi connectivity index (χ1) is 14.6. The Bertz CT molecular complexity index is 1030. The van der Waals surface area contributed by atoms with Gasteiger partial charge in [-0.05, 0) is 41.5 Å². The van der Waals surface area contributed by atoms with Crippen molar-refractivity contribution >= 4 is 21.7 Å². The van der Waals surface area contributed by atoms with Gasteiger partial charge in [0.05, 0.1) is 4.90 Å². The topological polar surface area (TPSA) is 83.5 Å². The standard InChI is InChI=1S/C24H30N2O4S/c1-24(2,3)20-11-9-19(10-12-20)22(27)23(28)25-17-18-7-13-21(14-8-18)31(29,30)26-15-5-4-6-16-26/h7-14H,4-6,15-17H2,1-3H3,(H,25,28). The van der Waals surface area contributed by atoms with Gasteiger partial charge in [-0.2, -0.15) is 4.31 Å². The van der Waals surface area contributed by atoms with E-state index in [-0.39, 0.29) is 16.9 Å². The fraction of sp³-hybridized carbons (Fsp3) is 0.417. The van der Waals surface area contributed by atoms with Gasteiger partial charge in [-0.1, -0.05) is 63.6 Å². The van der Waals surface area contributed by atoms with Crippen molar-refractivity contribution in [1.82, 2.24) is 9.62 Å². The summed E-state index contributed by atoms with van der Waals surface area (Å²) >= 11 is 0. The van der Waals surface area contributed by atoms with Crippen LogP contribution in [0.3, 0.4) is 0 Å². The Morgan fingerprint density at radius 1 is 0.903 bits per heavy atom. The van der Waals surface area contributed by atoms with Crippen LogP contribution in [0, 0.1) is 0 Å². The Morgan fingerprint density at radius 3 is 2.03 bits per heavy atom. The minimum Gasteiger partial charge on any atom is -0.345 e. The number of ketones is 1. The third kappa shape index (κ3) is 5.60. The molecule has 1 aliphatic heterocycles. The number of piperidine rings is 1. The van der Waals surface area contributed by atoms with Crippen molar-refractivity contribution in [1.29, 1.82) is 0 Å². The second-order valence-corrected chi connectivity index (χ2v) is 10.9.